The maximum Gasteiger partial charge on any atom is 0.0571 e. The molecule has 0 spiro atoms. The van der Waals surface area contributed by atoms with E-state index < -0.39 is 0 Å². The molecule has 0 fully saturated rings. The predicted molar refractivity (Wildman–Crippen MR) is 170 cm³/mol. The summed E-state index contributed by atoms with van der Waals surface area (Å²) >= 11 is 7.98. The van der Waals surface area contributed by atoms with Gasteiger partial charge in [-0.05, 0) is 49.2 Å². The van der Waals surface area contributed by atoms with Crippen molar-refractivity contribution < 1.29 is 0 Å². The van der Waals surface area contributed by atoms with Gasteiger partial charge in [0.1, 0.15) is 0 Å². The number of rotatable bonds is 4. The molecule has 0 aliphatic rings. The Morgan fingerprint density at radius 1 is 0.474 bits per heavy atom. The van der Waals surface area contributed by atoms with Gasteiger partial charge in [0.25, 0.3) is 0 Å². The standard InChI is InChI=1S/C34H26Br2N2/c1-3-37-31-17-7-5-11-21(31)23-13-9-15-25(33(23)37)27-19-30(36)28(20-29(27)35)26-16-10-14-24-22-12-6-8-18-32(22)38(4-2)34(24)26/h5-20H,3-4H2,1-2H3. The largest absolute Gasteiger partial charge is 0.340 e. The molecule has 0 bridgehead atoms. The smallest absolute Gasteiger partial charge is 0.0571 e. The number of hydrogen-bond donors (Lipinski definition) is 0. The molecule has 0 aliphatic heterocycles. The second-order valence-corrected chi connectivity index (χ2v) is 11.4. The van der Waals surface area contributed by atoms with Crippen LogP contribution in [0.4, 0.5) is 0 Å². The number of hydrogen-bond acceptors (Lipinski definition) is 0. The molecule has 0 aliphatic carbocycles. The first-order valence-electron chi connectivity index (χ1n) is 13.1. The molecule has 7 aromatic rings. The first-order valence-corrected chi connectivity index (χ1v) is 14.7. The van der Waals surface area contributed by atoms with Gasteiger partial charge in [-0.15, -0.1) is 0 Å². The van der Waals surface area contributed by atoms with Crippen LogP contribution in [0.25, 0.3) is 65.9 Å². The maximum atomic E-state index is 3.99. The molecule has 7 rings (SSSR count). The highest BCUT2D eigenvalue weighted by Gasteiger charge is 2.20. The van der Waals surface area contributed by atoms with Gasteiger partial charge in [-0.25, -0.2) is 0 Å². The molecule has 2 aromatic heterocycles. The number of fused-ring (bicyclic) bond motifs is 6. The number of benzene rings is 5. The molecule has 0 saturated heterocycles. The summed E-state index contributed by atoms with van der Waals surface area (Å²) in [5.74, 6) is 0. The highest BCUT2D eigenvalue weighted by atomic mass is 79.9. The Kier molecular flexibility index (Phi) is 5.72. The number of aromatic nitrogens is 2. The van der Waals surface area contributed by atoms with Crippen LogP contribution in [0.2, 0.25) is 0 Å². The van der Waals surface area contributed by atoms with Gasteiger partial charge in [-0.1, -0.05) is 105 Å². The molecule has 186 valence electrons. The van der Waals surface area contributed by atoms with Crippen LogP contribution in [-0.2, 0) is 13.1 Å². The second kappa shape index (κ2) is 9.14. The predicted octanol–water partition coefficient (Wildman–Crippen LogP) is 10.8. The number of halogens is 2. The van der Waals surface area contributed by atoms with Gasteiger partial charge in [-0.3, -0.25) is 0 Å². The lowest BCUT2D eigenvalue weighted by molar-refractivity contribution is 0.827. The third-order valence-corrected chi connectivity index (χ3v) is 9.16. The van der Waals surface area contributed by atoms with Crippen molar-refractivity contribution in [3.05, 3.63) is 106 Å². The lowest BCUT2D eigenvalue weighted by atomic mass is 9.97. The average Bonchev–Trinajstić information content (AvgIpc) is 3.46. The molecule has 2 nitrogen and oxygen atoms in total. The van der Waals surface area contributed by atoms with Gasteiger partial charge in [0.05, 0.1) is 11.0 Å². The topological polar surface area (TPSA) is 9.86 Å². The van der Waals surface area contributed by atoms with Crippen LogP contribution >= 0.6 is 31.9 Å². The van der Waals surface area contributed by atoms with E-state index in [2.05, 4.69) is 152 Å². The van der Waals surface area contributed by atoms with Crippen LogP contribution in [-0.4, -0.2) is 9.13 Å². The second-order valence-electron chi connectivity index (χ2n) is 9.74. The molecular weight excluding hydrogens is 596 g/mol. The molecule has 0 atom stereocenters. The maximum absolute atomic E-state index is 3.99. The molecular formula is C34H26Br2N2. The summed E-state index contributed by atoms with van der Waals surface area (Å²) < 4.78 is 7.06. The van der Waals surface area contributed by atoms with E-state index in [4.69, 9.17) is 0 Å². The SMILES string of the molecule is CCn1c2ccccc2c2cccc(-c3cc(Br)c(-c4cccc5c6ccccc6n(CC)c45)cc3Br)c21. The van der Waals surface area contributed by atoms with Crippen molar-refractivity contribution in [2.75, 3.05) is 0 Å². The zero-order chi connectivity index (χ0) is 26.0. The highest BCUT2D eigenvalue weighted by Crippen LogP contribution is 2.44. The fourth-order valence-corrected chi connectivity index (χ4v) is 7.38. The molecule has 0 amide bonds. The van der Waals surface area contributed by atoms with E-state index in [1.807, 2.05) is 0 Å². The summed E-state index contributed by atoms with van der Waals surface area (Å²) in [4.78, 5) is 0. The van der Waals surface area contributed by atoms with Gasteiger partial charge in [0.15, 0.2) is 0 Å². The fourth-order valence-electron chi connectivity index (χ4n) is 6.27. The van der Waals surface area contributed by atoms with E-state index in [0.29, 0.717) is 0 Å². The monoisotopic (exact) mass is 620 g/mol. The fraction of sp³-hybridized carbons (Fsp3) is 0.118. The van der Waals surface area contributed by atoms with Crippen molar-refractivity contribution in [3.8, 4) is 22.3 Å². The Hall–Kier alpha value is -3.34. The summed E-state index contributed by atoms with van der Waals surface area (Å²) in [6.07, 6.45) is 0. The Labute approximate surface area is 238 Å². The van der Waals surface area contributed by atoms with Gasteiger partial charge in [-0.2, -0.15) is 0 Å². The van der Waals surface area contributed by atoms with Gasteiger partial charge in [0.2, 0.25) is 0 Å². The van der Waals surface area contributed by atoms with Crippen LogP contribution in [0.1, 0.15) is 13.8 Å². The van der Waals surface area contributed by atoms with Gasteiger partial charge < -0.3 is 9.13 Å². The van der Waals surface area contributed by atoms with Crippen molar-refractivity contribution in [2.24, 2.45) is 0 Å². The molecule has 0 unspecified atom stereocenters. The molecule has 0 radical (unpaired) electrons. The van der Waals surface area contributed by atoms with E-state index in [0.717, 1.165) is 22.0 Å². The zero-order valence-corrected chi connectivity index (χ0v) is 24.5. The van der Waals surface area contributed by atoms with E-state index >= 15 is 0 Å². The Bertz CT molecular complexity index is 1880. The zero-order valence-electron chi connectivity index (χ0n) is 21.3. The quantitative estimate of drug-likeness (QED) is 0.185. The van der Waals surface area contributed by atoms with Crippen LogP contribution in [0, 0.1) is 0 Å². The first kappa shape index (κ1) is 23.8. The summed E-state index contributed by atoms with van der Waals surface area (Å²) in [5.41, 5.74) is 9.97. The molecule has 0 N–H and O–H groups in total. The van der Waals surface area contributed by atoms with Gasteiger partial charge in [0, 0.05) is 65.7 Å². The van der Waals surface area contributed by atoms with E-state index in [1.165, 1.54) is 65.9 Å². The summed E-state index contributed by atoms with van der Waals surface area (Å²) in [7, 11) is 0. The van der Waals surface area contributed by atoms with Crippen molar-refractivity contribution >= 4 is 75.5 Å². The highest BCUT2D eigenvalue weighted by molar-refractivity contribution is 9.11. The lowest BCUT2D eigenvalue weighted by Crippen LogP contribution is -1.97. The normalized spacial score (nSPS) is 11.9. The number of nitrogens with zero attached hydrogens (tertiary/aromatic N) is 2. The Morgan fingerprint density at radius 3 is 1.29 bits per heavy atom. The van der Waals surface area contributed by atoms with Crippen molar-refractivity contribution in [2.45, 2.75) is 26.9 Å². The summed E-state index contributed by atoms with van der Waals surface area (Å²) in [5, 5.41) is 5.20. The first-order chi connectivity index (χ1) is 18.6. The van der Waals surface area contributed by atoms with Crippen molar-refractivity contribution in [3.63, 3.8) is 0 Å². The number of para-hydroxylation sites is 4. The minimum atomic E-state index is 0.918. The van der Waals surface area contributed by atoms with Crippen molar-refractivity contribution in [1.82, 2.24) is 9.13 Å². The van der Waals surface area contributed by atoms with Crippen LogP contribution < -0.4 is 0 Å². The molecule has 2 heterocycles. The minimum Gasteiger partial charge on any atom is -0.340 e. The minimum absolute atomic E-state index is 0.918. The summed E-state index contributed by atoms with van der Waals surface area (Å²) in [6, 6.07) is 35.3. The van der Waals surface area contributed by atoms with E-state index in [1.54, 1.807) is 0 Å². The van der Waals surface area contributed by atoms with Gasteiger partial charge >= 0.3 is 0 Å². The van der Waals surface area contributed by atoms with Crippen LogP contribution in [0.15, 0.2) is 106 Å². The third kappa shape index (κ3) is 3.36. The number of aryl methyl sites for hydroxylation is 2. The lowest BCUT2D eigenvalue weighted by Gasteiger charge is -2.15. The van der Waals surface area contributed by atoms with Crippen LogP contribution in [0.5, 0.6) is 0 Å². The molecule has 4 heteroatoms. The average molecular weight is 622 g/mol. The molecule has 5 aromatic carbocycles. The summed E-state index contributed by atoms with van der Waals surface area (Å²) in [6.45, 7) is 6.29. The van der Waals surface area contributed by atoms with Crippen molar-refractivity contribution in [1.29, 1.82) is 0 Å². The molecule has 38 heavy (non-hydrogen) atoms. The van der Waals surface area contributed by atoms with Crippen LogP contribution in [0.3, 0.4) is 0 Å². The third-order valence-electron chi connectivity index (χ3n) is 7.85. The van der Waals surface area contributed by atoms with E-state index in [-0.39, 0.29) is 0 Å². The Balaban J connectivity index is 1.49. The molecule has 0 saturated carbocycles. The van der Waals surface area contributed by atoms with E-state index in [9.17, 15) is 0 Å². The Morgan fingerprint density at radius 2 is 0.868 bits per heavy atom.